The Hall–Kier alpha value is -2.71. The number of nitrogens with zero attached hydrogens (tertiary/aromatic N) is 4. The van der Waals surface area contributed by atoms with Gasteiger partial charge in [0, 0.05) is 13.5 Å². The number of carbonyl (C=O) groups is 1. The molecule has 1 amide bonds. The number of fused-ring (bicyclic) bond motifs is 2. The number of aliphatic hydroxyl groups excluding tert-OH is 1. The molecule has 2 aliphatic rings. The van der Waals surface area contributed by atoms with Gasteiger partial charge >= 0.3 is 0 Å². The molecule has 3 aromatic heterocycles. The van der Waals surface area contributed by atoms with E-state index in [4.69, 9.17) is 17.3 Å². The van der Waals surface area contributed by atoms with Crippen molar-refractivity contribution in [3.05, 3.63) is 33.5 Å². The van der Waals surface area contributed by atoms with Gasteiger partial charge in [0.2, 0.25) is 11.7 Å². The summed E-state index contributed by atoms with van der Waals surface area (Å²) < 4.78 is 1.99. The number of anilines is 1. The Bertz CT molecular complexity index is 1260. The summed E-state index contributed by atoms with van der Waals surface area (Å²) in [5.74, 6) is 5.61. The Kier molecular flexibility index (Phi) is 4.10. The van der Waals surface area contributed by atoms with Gasteiger partial charge < -0.3 is 21.3 Å². The number of imidazole rings is 1. The Balaban J connectivity index is 1.57. The van der Waals surface area contributed by atoms with Crippen LogP contribution in [-0.4, -0.2) is 48.8 Å². The molecule has 3 heterocycles. The van der Waals surface area contributed by atoms with Gasteiger partial charge in [0.25, 0.3) is 0 Å². The summed E-state index contributed by atoms with van der Waals surface area (Å²) in [7, 11) is 1.52. The molecule has 154 valence electrons. The molecule has 5 N–H and O–H groups in total. The highest BCUT2D eigenvalue weighted by Gasteiger charge is 2.76. The minimum absolute atomic E-state index is 0.106. The lowest BCUT2D eigenvalue weighted by molar-refractivity contribution is -0.155. The summed E-state index contributed by atoms with van der Waals surface area (Å²) in [6.07, 6.45) is 0.773. The molecule has 9 nitrogen and oxygen atoms in total. The monoisotopic (exact) mass is 444 g/mol. The number of halogens is 1. The van der Waals surface area contributed by atoms with Gasteiger partial charge in [-0.1, -0.05) is 11.6 Å². The van der Waals surface area contributed by atoms with Gasteiger partial charge in [0.15, 0.2) is 17.2 Å². The van der Waals surface area contributed by atoms with Gasteiger partial charge in [-0.25, -0.2) is 15.0 Å². The maximum Gasteiger partial charge on any atom is 0.229 e. The van der Waals surface area contributed by atoms with E-state index in [1.807, 2.05) is 0 Å². The van der Waals surface area contributed by atoms with Crippen LogP contribution in [0.1, 0.15) is 23.5 Å². The largest absolute Gasteiger partial charge is 0.387 e. The van der Waals surface area contributed by atoms with Crippen molar-refractivity contribution in [3.8, 4) is 11.8 Å². The van der Waals surface area contributed by atoms with Crippen molar-refractivity contribution in [2.45, 2.75) is 24.7 Å². The lowest BCUT2D eigenvalue weighted by atomic mass is 9.94. The number of hydrogen-bond acceptors (Lipinski definition) is 8. The third kappa shape index (κ3) is 2.56. The molecule has 4 atom stereocenters. The number of nitrogens with one attached hydrogen (secondary N) is 1. The average Bonchev–Trinajstić information content (AvgIpc) is 3.00. The third-order valence-electron chi connectivity index (χ3n) is 5.99. The van der Waals surface area contributed by atoms with E-state index >= 15 is 0 Å². The summed E-state index contributed by atoms with van der Waals surface area (Å²) >= 11 is 7.25. The van der Waals surface area contributed by atoms with E-state index in [1.165, 1.54) is 29.3 Å². The Morgan fingerprint density at radius 2 is 2.20 bits per heavy atom. The number of hydrogen-bond donors (Lipinski definition) is 4. The molecule has 11 heteroatoms. The smallest absolute Gasteiger partial charge is 0.229 e. The molecule has 0 bridgehead atoms. The first kappa shape index (κ1) is 19.3. The number of aliphatic hydroxyl groups is 2. The maximum absolute atomic E-state index is 12.4. The van der Waals surface area contributed by atoms with Gasteiger partial charge in [0.1, 0.15) is 11.6 Å². The summed E-state index contributed by atoms with van der Waals surface area (Å²) in [5, 5.41) is 24.9. The highest BCUT2D eigenvalue weighted by Crippen LogP contribution is 2.68. The molecule has 2 aliphatic carbocycles. The van der Waals surface area contributed by atoms with E-state index in [0.717, 1.165) is 4.88 Å². The van der Waals surface area contributed by atoms with E-state index < -0.39 is 17.2 Å². The minimum atomic E-state index is -1.74. The first-order valence-electron chi connectivity index (χ1n) is 9.20. The van der Waals surface area contributed by atoms with Gasteiger partial charge in [-0.05, 0) is 36.3 Å². The highest BCUT2D eigenvalue weighted by atomic mass is 35.5. The summed E-state index contributed by atoms with van der Waals surface area (Å²) in [6, 6.07) is 3.53. The molecule has 0 aromatic carbocycles. The zero-order valence-electron chi connectivity index (χ0n) is 15.8. The van der Waals surface area contributed by atoms with E-state index in [0.29, 0.717) is 10.8 Å². The van der Waals surface area contributed by atoms with E-state index in [9.17, 15) is 15.0 Å². The quantitative estimate of drug-likeness (QED) is 0.426. The van der Waals surface area contributed by atoms with Crippen LogP contribution in [0.4, 0.5) is 5.82 Å². The highest BCUT2D eigenvalue weighted by molar-refractivity contribution is 7.16. The Morgan fingerprint density at radius 1 is 1.40 bits per heavy atom. The minimum Gasteiger partial charge on any atom is -0.387 e. The van der Waals surface area contributed by atoms with E-state index in [-0.39, 0.29) is 41.1 Å². The predicted octanol–water partition coefficient (Wildman–Crippen LogP) is 0.685. The molecule has 0 spiro atoms. The lowest BCUT2D eigenvalue weighted by Crippen LogP contribution is -2.49. The van der Waals surface area contributed by atoms with Crippen molar-refractivity contribution in [2.75, 3.05) is 12.8 Å². The molecule has 3 aromatic rings. The number of amides is 1. The first-order chi connectivity index (χ1) is 14.3. The number of aromatic nitrogens is 4. The van der Waals surface area contributed by atoms with Crippen LogP contribution < -0.4 is 11.1 Å². The summed E-state index contributed by atoms with van der Waals surface area (Å²) in [4.78, 5) is 25.9. The van der Waals surface area contributed by atoms with Crippen LogP contribution in [0.15, 0.2) is 18.5 Å². The molecule has 0 radical (unpaired) electrons. The van der Waals surface area contributed by atoms with Gasteiger partial charge in [-0.2, -0.15) is 0 Å². The summed E-state index contributed by atoms with van der Waals surface area (Å²) in [6.45, 7) is 0. The number of thiophene rings is 1. The molecule has 0 saturated heterocycles. The fraction of sp³-hybridized carbons (Fsp3) is 0.368. The lowest BCUT2D eigenvalue weighted by Gasteiger charge is -2.33. The zero-order valence-corrected chi connectivity index (χ0v) is 17.3. The first-order valence-corrected chi connectivity index (χ1v) is 10.4. The van der Waals surface area contributed by atoms with E-state index in [2.05, 4.69) is 32.1 Å². The number of rotatable bonds is 2. The third-order valence-corrected chi connectivity index (χ3v) is 7.13. The average molecular weight is 445 g/mol. The molecular weight excluding hydrogens is 428 g/mol. The van der Waals surface area contributed by atoms with Crippen molar-refractivity contribution >= 4 is 45.8 Å². The van der Waals surface area contributed by atoms with Crippen LogP contribution in [0.2, 0.25) is 4.34 Å². The van der Waals surface area contributed by atoms with Crippen LogP contribution in [-0.2, 0) is 10.5 Å². The standard InChI is InChI=1S/C19H17ClN6O3S/c1-22-17(28)18-6-9(18)7-19(29,16(18)27)26-8-23-13-14(21)24-12(25-15(13)26)5-3-10-2-4-11(20)30-10/h2,4,8-9,16,27,29H,6-7H2,1H3,(H,22,28)(H2,21,24,25)/t9?,16-,18?,19-/m1/s1. The molecule has 2 saturated carbocycles. The van der Waals surface area contributed by atoms with Crippen LogP contribution in [0.25, 0.3) is 11.2 Å². The second kappa shape index (κ2) is 6.39. The molecular formula is C19H17ClN6O3S. The van der Waals surface area contributed by atoms with Gasteiger partial charge in [-0.15, -0.1) is 11.3 Å². The van der Waals surface area contributed by atoms with Crippen molar-refractivity contribution in [3.63, 3.8) is 0 Å². The number of nitrogen functional groups attached to an aromatic ring is 1. The molecule has 5 rings (SSSR count). The SMILES string of the molecule is CNC(=O)C12CC1C[C@](O)(n1cnc3c(N)nc(C#Cc4ccc(Cl)s4)nc31)[C@@H]2O. The summed E-state index contributed by atoms with van der Waals surface area (Å²) in [5.41, 5.74) is 3.82. The second-order valence-electron chi connectivity index (χ2n) is 7.58. The van der Waals surface area contributed by atoms with Crippen molar-refractivity contribution < 1.29 is 15.0 Å². The normalized spacial score (nSPS) is 29.3. The van der Waals surface area contributed by atoms with Crippen LogP contribution >= 0.6 is 22.9 Å². The Morgan fingerprint density at radius 3 is 2.90 bits per heavy atom. The molecule has 0 aliphatic heterocycles. The van der Waals surface area contributed by atoms with Crippen LogP contribution in [0, 0.1) is 23.2 Å². The predicted molar refractivity (Wildman–Crippen MR) is 110 cm³/mol. The molecule has 2 fully saturated rings. The van der Waals surface area contributed by atoms with Gasteiger partial charge in [-0.3, -0.25) is 9.36 Å². The number of carbonyl (C=O) groups excluding carboxylic acids is 1. The second-order valence-corrected chi connectivity index (χ2v) is 9.29. The van der Waals surface area contributed by atoms with Crippen molar-refractivity contribution in [2.24, 2.45) is 11.3 Å². The fourth-order valence-corrected chi connectivity index (χ4v) is 5.35. The number of nitrogens with two attached hydrogens (primary N) is 1. The van der Waals surface area contributed by atoms with Crippen molar-refractivity contribution in [1.29, 1.82) is 0 Å². The van der Waals surface area contributed by atoms with Crippen LogP contribution in [0.5, 0.6) is 0 Å². The van der Waals surface area contributed by atoms with Crippen LogP contribution in [0.3, 0.4) is 0 Å². The zero-order chi connectivity index (χ0) is 21.3. The maximum atomic E-state index is 12.4. The molecule has 30 heavy (non-hydrogen) atoms. The fourth-order valence-electron chi connectivity index (χ4n) is 4.45. The topological polar surface area (TPSA) is 139 Å². The Labute approximate surface area is 179 Å². The van der Waals surface area contributed by atoms with Crippen molar-refractivity contribution in [1.82, 2.24) is 24.8 Å². The van der Waals surface area contributed by atoms with E-state index in [1.54, 1.807) is 12.1 Å². The molecule has 2 unspecified atom stereocenters. The van der Waals surface area contributed by atoms with Gasteiger partial charge in [0.05, 0.1) is 21.0 Å².